The van der Waals surface area contributed by atoms with Gasteiger partial charge in [0.15, 0.2) is 0 Å². The van der Waals surface area contributed by atoms with Gasteiger partial charge >= 0.3 is 0 Å². The molecule has 3 heterocycles. The van der Waals surface area contributed by atoms with E-state index in [1.807, 2.05) is 47.8 Å². The maximum atomic E-state index is 13.1. The number of fused-ring (bicyclic) bond motifs is 2. The summed E-state index contributed by atoms with van der Waals surface area (Å²) < 4.78 is 1.33. The van der Waals surface area contributed by atoms with Crippen molar-refractivity contribution in [3.63, 3.8) is 0 Å². The van der Waals surface area contributed by atoms with E-state index in [0.29, 0.717) is 22.4 Å². The zero-order valence-corrected chi connectivity index (χ0v) is 18.2. The number of nitrogens with one attached hydrogen (secondary N) is 1. The number of amides is 2. The molecule has 0 aliphatic carbocycles. The Labute approximate surface area is 187 Å². The second kappa shape index (κ2) is 8.05. The smallest absolute Gasteiger partial charge is 0.263 e. The van der Waals surface area contributed by atoms with Gasteiger partial charge in [-0.3, -0.25) is 19.0 Å². The number of hydrogen-bond donors (Lipinski definition) is 1. The molecular weight excluding hydrogens is 424 g/mol. The fraction of sp³-hybridized carbons (Fsp3) is 0.167. The van der Waals surface area contributed by atoms with Gasteiger partial charge in [0, 0.05) is 35.8 Å². The van der Waals surface area contributed by atoms with Crippen LogP contribution in [0.4, 0.5) is 11.4 Å². The zero-order valence-electron chi connectivity index (χ0n) is 17.4. The van der Waals surface area contributed by atoms with Gasteiger partial charge in [0.25, 0.3) is 5.56 Å². The predicted molar refractivity (Wildman–Crippen MR) is 126 cm³/mol. The number of carbonyl (C=O) groups excluding carboxylic acids is 2. The molecule has 0 radical (unpaired) electrons. The van der Waals surface area contributed by atoms with E-state index in [-0.39, 0.29) is 23.9 Å². The van der Waals surface area contributed by atoms with Crippen molar-refractivity contribution < 1.29 is 9.59 Å². The second-order valence-corrected chi connectivity index (χ2v) is 8.54. The van der Waals surface area contributed by atoms with Crippen LogP contribution in [-0.4, -0.2) is 27.9 Å². The number of rotatable bonds is 4. The lowest BCUT2D eigenvalue weighted by molar-refractivity contribution is -0.117. The SMILES string of the molecule is CC(=O)N1CCc2cc(NC(=O)Cn3cnc4scc(-c5ccccc5)c4c3=O)ccc21. The molecule has 7 nitrogen and oxygen atoms in total. The summed E-state index contributed by atoms with van der Waals surface area (Å²) in [6.45, 7) is 2.06. The lowest BCUT2D eigenvalue weighted by atomic mass is 10.1. The number of nitrogens with zero attached hydrogens (tertiary/aromatic N) is 3. The maximum Gasteiger partial charge on any atom is 0.263 e. The van der Waals surface area contributed by atoms with Crippen molar-refractivity contribution in [3.8, 4) is 11.1 Å². The quantitative estimate of drug-likeness (QED) is 0.521. The molecule has 32 heavy (non-hydrogen) atoms. The highest BCUT2D eigenvalue weighted by atomic mass is 32.1. The molecule has 0 saturated heterocycles. The summed E-state index contributed by atoms with van der Waals surface area (Å²) in [5, 5.41) is 5.30. The summed E-state index contributed by atoms with van der Waals surface area (Å²) in [7, 11) is 0. The van der Waals surface area contributed by atoms with Crippen molar-refractivity contribution in [3.05, 3.63) is 76.2 Å². The first-order chi connectivity index (χ1) is 15.5. The fourth-order valence-corrected chi connectivity index (χ4v) is 4.98. The van der Waals surface area contributed by atoms with Crippen LogP contribution >= 0.6 is 11.3 Å². The third-order valence-corrected chi connectivity index (χ3v) is 6.48. The van der Waals surface area contributed by atoms with Crippen LogP contribution in [0.3, 0.4) is 0 Å². The molecule has 1 N–H and O–H groups in total. The number of thiophene rings is 1. The number of hydrogen-bond acceptors (Lipinski definition) is 5. The lowest BCUT2D eigenvalue weighted by Crippen LogP contribution is -2.28. The van der Waals surface area contributed by atoms with Gasteiger partial charge in [-0.25, -0.2) is 4.98 Å². The third kappa shape index (κ3) is 3.58. The highest BCUT2D eigenvalue weighted by molar-refractivity contribution is 7.17. The molecule has 8 heteroatoms. The largest absolute Gasteiger partial charge is 0.325 e. The summed E-state index contributed by atoms with van der Waals surface area (Å²) in [6, 6.07) is 15.2. The van der Waals surface area contributed by atoms with E-state index < -0.39 is 0 Å². The summed E-state index contributed by atoms with van der Waals surface area (Å²) in [5.41, 5.74) is 4.07. The Morgan fingerprint density at radius 2 is 1.97 bits per heavy atom. The standard InChI is InChI=1S/C24H20N4O3S/c1-15(29)28-10-9-17-11-18(7-8-20(17)28)26-21(30)12-27-14-25-23-22(24(27)31)19(13-32-23)16-5-3-2-4-6-16/h2-8,11,13-14H,9-10,12H2,1H3,(H,26,30). The summed E-state index contributed by atoms with van der Waals surface area (Å²) in [5.74, 6) is -0.308. The molecule has 5 rings (SSSR count). The van der Waals surface area contributed by atoms with Crippen LogP contribution < -0.4 is 15.8 Å². The molecule has 0 saturated carbocycles. The normalized spacial score (nSPS) is 12.7. The van der Waals surface area contributed by atoms with E-state index in [1.54, 1.807) is 17.9 Å². The minimum Gasteiger partial charge on any atom is -0.325 e. The van der Waals surface area contributed by atoms with Crippen molar-refractivity contribution in [2.45, 2.75) is 19.9 Å². The topological polar surface area (TPSA) is 84.3 Å². The molecule has 0 unspecified atom stereocenters. The van der Waals surface area contributed by atoms with Gasteiger partial charge in [0.2, 0.25) is 11.8 Å². The van der Waals surface area contributed by atoms with Crippen LogP contribution in [0.2, 0.25) is 0 Å². The van der Waals surface area contributed by atoms with Crippen LogP contribution in [-0.2, 0) is 22.6 Å². The van der Waals surface area contributed by atoms with Gasteiger partial charge in [0.1, 0.15) is 11.4 Å². The molecule has 0 fully saturated rings. The van der Waals surface area contributed by atoms with Crippen LogP contribution in [0.5, 0.6) is 0 Å². The maximum absolute atomic E-state index is 13.1. The first-order valence-electron chi connectivity index (χ1n) is 10.2. The van der Waals surface area contributed by atoms with Crippen molar-refractivity contribution in [1.82, 2.24) is 9.55 Å². The molecule has 1 aliphatic rings. The van der Waals surface area contributed by atoms with Gasteiger partial charge in [-0.2, -0.15) is 0 Å². The Morgan fingerprint density at radius 1 is 1.16 bits per heavy atom. The average Bonchev–Trinajstić information content (AvgIpc) is 3.41. The predicted octanol–water partition coefficient (Wildman–Crippen LogP) is 3.67. The molecule has 4 aromatic rings. The fourth-order valence-electron chi connectivity index (χ4n) is 4.07. The van der Waals surface area contributed by atoms with Crippen molar-refractivity contribution in [2.75, 3.05) is 16.8 Å². The van der Waals surface area contributed by atoms with E-state index in [2.05, 4.69) is 10.3 Å². The lowest BCUT2D eigenvalue weighted by Gasteiger charge is -2.15. The summed E-state index contributed by atoms with van der Waals surface area (Å²) >= 11 is 1.41. The van der Waals surface area contributed by atoms with E-state index in [4.69, 9.17) is 0 Å². The van der Waals surface area contributed by atoms with Crippen molar-refractivity contribution >= 4 is 44.7 Å². The molecule has 160 valence electrons. The second-order valence-electron chi connectivity index (χ2n) is 7.69. The Hall–Kier alpha value is -3.78. The van der Waals surface area contributed by atoms with Crippen LogP contribution in [0.1, 0.15) is 12.5 Å². The highest BCUT2D eigenvalue weighted by Crippen LogP contribution is 2.31. The molecule has 2 aromatic heterocycles. The van der Waals surface area contributed by atoms with E-state index >= 15 is 0 Å². The Bertz CT molecular complexity index is 1410. The van der Waals surface area contributed by atoms with E-state index in [0.717, 1.165) is 28.8 Å². The zero-order chi connectivity index (χ0) is 22.2. The molecule has 0 atom stereocenters. The van der Waals surface area contributed by atoms with Gasteiger partial charge in [-0.05, 0) is 35.7 Å². The first-order valence-corrected chi connectivity index (χ1v) is 11.1. The monoisotopic (exact) mass is 444 g/mol. The van der Waals surface area contributed by atoms with Crippen LogP contribution in [0.15, 0.2) is 65.0 Å². The van der Waals surface area contributed by atoms with E-state index in [1.165, 1.54) is 22.2 Å². The highest BCUT2D eigenvalue weighted by Gasteiger charge is 2.22. The van der Waals surface area contributed by atoms with Gasteiger partial charge in [-0.1, -0.05) is 30.3 Å². The Balaban J connectivity index is 1.38. The first kappa shape index (κ1) is 20.1. The van der Waals surface area contributed by atoms with Crippen LogP contribution in [0, 0.1) is 0 Å². The number of benzene rings is 2. The van der Waals surface area contributed by atoms with Crippen molar-refractivity contribution in [2.24, 2.45) is 0 Å². The molecule has 2 aromatic carbocycles. The average molecular weight is 445 g/mol. The number of anilines is 2. The van der Waals surface area contributed by atoms with Gasteiger partial charge < -0.3 is 10.2 Å². The van der Waals surface area contributed by atoms with Crippen molar-refractivity contribution in [1.29, 1.82) is 0 Å². The molecule has 0 bridgehead atoms. The minimum absolute atomic E-state index is 0.00565. The van der Waals surface area contributed by atoms with E-state index in [9.17, 15) is 14.4 Å². The number of carbonyl (C=O) groups is 2. The summed E-state index contributed by atoms with van der Waals surface area (Å²) in [4.78, 5) is 44.3. The minimum atomic E-state index is -0.314. The molecule has 1 aliphatic heterocycles. The van der Waals surface area contributed by atoms with Crippen LogP contribution in [0.25, 0.3) is 21.3 Å². The Kier molecular flexibility index (Phi) is 5.07. The van der Waals surface area contributed by atoms with Gasteiger partial charge in [0.05, 0.1) is 11.7 Å². The summed E-state index contributed by atoms with van der Waals surface area (Å²) in [6.07, 6.45) is 2.17. The molecule has 2 amide bonds. The third-order valence-electron chi connectivity index (χ3n) is 5.60. The number of aromatic nitrogens is 2. The Morgan fingerprint density at radius 3 is 2.75 bits per heavy atom. The molecule has 0 spiro atoms. The van der Waals surface area contributed by atoms with Gasteiger partial charge in [-0.15, -0.1) is 11.3 Å². The molecular formula is C24H20N4O3S.